The third-order valence-electron chi connectivity index (χ3n) is 3.80. The van der Waals surface area contributed by atoms with E-state index in [0.717, 1.165) is 44.6 Å². The number of β-amino-alcohol motifs (C(OH)–C–C–N with tert-alkyl or cyclic N) is 1. The fourth-order valence-corrected chi connectivity index (χ4v) is 2.92. The Labute approximate surface area is 102 Å². The summed E-state index contributed by atoms with van der Waals surface area (Å²) in [6, 6.07) is 0. The van der Waals surface area contributed by atoms with Crippen LogP contribution in [0.15, 0.2) is 6.33 Å². The van der Waals surface area contributed by atoms with Gasteiger partial charge in [-0.05, 0) is 38.5 Å². The normalized spacial score (nSPS) is 24.5. The number of nitrogens with zero attached hydrogens (tertiary/aromatic N) is 3. The zero-order chi connectivity index (χ0) is 11.7. The van der Waals surface area contributed by atoms with E-state index in [0.29, 0.717) is 0 Å². The van der Waals surface area contributed by atoms with Gasteiger partial charge in [0, 0.05) is 24.3 Å². The van der Waals surface area contributed by atoms with Crippen molar-refractivity contribution in [3.8, 4) is 0 Å². The first-order valence-corrected chi connectivity index (χ1v) is 6.60. The highest BCUT2D eigenvalue weighted by Crippen LogP contribution is 2.28. The average Bonchev–Trinajstić information content (AvgIpc) is 2.38. The number of aromatic nitrogens is 2. The molecular formula is C13H19N3O. The van der Waals surface area contributed by atoms with Gasteiger partial charge in [-0.3, -0.25) is 0 Å². The van der Waals surface area contributed by atoms with Crippen molar-refractivity contribution in [1.29, 1.82) is 0 Å². The van der Waals surface area contributed by atoms with Crippen LogP contribution >= 0.6 is 0 Å². The number of rotatable bonds is 1. The SMILES string of the molecule is OC1CCCN(c2ncnc3c2CCCC3)C1. The van der Waals surface area contributed by atoms with E-state index >= 15 is 0 Å². The first-order chi connectivity index (χ1) is 8.34. The maximum atomic E-state index is 9.76. The summed E-state index contributed by atoms with van der Waals surface area (Å²) >= 11 is 0. The van der Waals surface area contributed by atoms with Crippen LogP contribution in [0.4, 0.5) is 5.82 Å². The summed E-state index contributed by atoms with van der Waals surface area (Å²) < 4.78 is 0. The number of anilines is 1. The molecule has 1 aromatic heterocycles. The zero-order valence-corrected chi connectivity index (χ0v) is 10.1. The first-order valence-electron chi connectivity index (χ1n) is 6.60. The molecule has 0 bridgehead atoms. The fourth-order valence-electron chi connectivity index (χ4n) is 2.92. The van der Waals surface area contributed by atoms with E-state index < -0.39 is 0 Å². The number of hydrogen-bond acceptors (Lipinski definition) is 4. The maximum Gasteiger partial charge on any atom is 0.135 e. The maximum absolute atomic E-state index is 9.76. The fraction of sp³-hybridized carbons (Fsp3) is 0.692. The lowest BCUT2D eigenvalue weighted by Gasteiger charge is -2.33. The van der Waals surface area contributed by atoms with Crippen LogP contribution in [0, 0.1) is 0 Å². The van der Waals surface area contributed by atoms with E-state index in [1.54, 1.807) is 6.33 Å². The molecule has 0 amide bonds. The standard InChI is InChI=1S/C13H19N3O/c17-10-4-3-7-16(8-10)13-11-5-1-2-6-12(11)14-9-15-13/h9-10,17H,1-8H2. The smallest absolute Gasteiger partial charge is 0.135 e. The molecule has 1 unspecified atom stereocenters. The van der Waals surface area contributed by atoms with E-state index in [1.165, 1.54) is 24.1 Å². The van der Waals surface area contributed by atoms with Gasteiger partial charge in [0.2, 0.25) is 0 Å². The van der Waals surface area contributed by atoms with Crippen LogP contribution in [0.2, 0.25) is 0 Å². The number of fused-ring (bicyclic) bond motifs is 1. The highest BCUT2D eigenvalue weighted by Gasteiger charge is 2.23. The molecule has 92 valence electrons. The van der Waals surface area contributed by atoms with Crippen LogP contribution < -0.4 is 4.90 Å². The first kappa shape index (κ1) is 11.0. The Kier molecular flexibility index (Phi) is 2.97. The summed E-state index contributed by atoms with van der Waals surface area (Å²) in [7, 11) is 0. The van der Waals surface area contributed by atoms with Crippen molar-refractivity contribution in [3.05, 3.63) is 17.6 Å². The predicted octanol–water partition coefficient (Wildman–Crippen LogP) is 1.32. The summed E-state index contributed by atoms with van der Waals surface area (Å²) in [5.74, 6) is 1.08. The molecule has 17 heavy (non-hydrogen) atoms. The number of aryl methyl sites for hydroxylation is 1. The molecule has 1 aromatic rings. The summed E-state index contributed by atoms with van der Waals surface area (Å²) in [5.41, 5.74) is 2.55. The molecule has 1 atom stereocenters. The minimum absolute atomic E-state index is 0.196. The van der Waals surface area contributed by atoms with Crippen LogP contribution in [0.25, 0.3) is 0 Å². The molecule has 1 aliphatic carbocycles. The van der Waals surface area contributed by atoms with Crippen LogP contribution in [0.5, 0.6) is 0 Å². The van der Waals surface area contributed by atoms with Crippen molar-refractivity contribution < 1.29 is 5.11 Å². The molecule has 1 N–H and O–H groups in total. The van der Waals surface area contributed by atoms with E-state index in [1.807, 2.05) is 0 Å². The minimum Gasteiger partial charge on any atom is -0.391 e. The van der Waals surface area contributed by atoms with Gasteiger partial charge in [-0.1, -0.05) is 0 Å². The van der Waals surface area contributed by atoms with Crippen molar-refractivity contribution in [2.24, 2.45) is 0 Å². The topological polar surface area (TPSA) is 49.2 Å². The zero-order valence-electron chi connectivity index (χ0n) is 10.1. The molecule has 0 radical (unpaired) electrons. The molecule has 1 aliphatic heterocycles. The average molecular weight is 233 g/mol. The predicted molar refractivity (Wildman–Crippen MR) is 66.1 cm³/mol. The molecule has 2 aliphatic rings. The molecule has 1 fully saturated rings. The largest absolute Gasteiger partial charge is 0.391 e. The van der Waals surface area contributed by atoms with E-state index in [-0.39, 0.29) is 6.10 Å². The third-order valence-corrected chi connectivity index (χ3v) is 3.80. The van der Waals surface area contributed by atoms with E-state index in [9.17, 15) is 5.11 Å². The molecule has 4 heteroatoms. The van der Waals surface area contributed by atoms with E-state index in [2.05, 4.69) is 14.9 Å². The lowest BCUT2D eigenvalue weighted by Crippen LogP contribution is -2.39. The number of aliphatic hydroxyl groups excluding tert-OH is 1. The van der Waals surface area contributed by atoms with Gasteiger partial charge in [-0.2, -0.15) is 0 Å². The Bertz CT molecular complexity index is 408. The minimum atomic E-state index is -0.196. The van der Waals surface area contributed by atoms with Gasteiger partial charge >= 0.3 is 0 Å². The lowest BCUT2D eigenvalue weighted by atomic mass is 9.95. The Morgan fingerprint density at radius 1 is 1.18 bits per heavy atom. The van der Waals surface area contributed by atoms with Gasteiger partial charge in [0.05, 0.1) is 6.10 Å². The van der Waals surface area contributed by atoms with Crippen LogP contribution in [0.3, 0.4) is 0 Å². The summed E-state index contributed by atoms with van der Waals surface area (Å²) in [5, 5.41) is 9.76. The Balaban J connectivity index is 1.91. The second kappa shape index (κ2) is 4.61. The van der Waals surface area contributed by atoms with E-state index in [4.69, 9.17) is 0 Å². The van der Waals surface area contributed by atoms with Gasteiger partial charge in [0.15, 0.2) is 0 Å². The van der Waals surface area contributed by atoms with Crippen LogP contribution in [0.1, 0.15) is 36.9 Å². The molecule has 0 spiro atoms. The van der Waals surface area contributed by atoms with Gasteiger partial charge in [-0.15, -0.1) is 0 Å². The van der Waals surface area contributed by atoms with Crippen molar-refractivity contribution in [2.45, 2.75) is 44.6 Å². The Hall–Kier alpha value is -1.16. The number of piperidine rings is 1. The molecule has 1 saturated heterocycles. The van der Waals surface area contributed by atoms with Crippen molar-refractivity contribution >= 4 is 5.82 Å². The monoisotopic (exact) mass is 233 g/mol. The molecular weight excluding hydrogens is 214 g/mol. The molecule has 4 nitrogen and oxygen atoms in total. The summed E-state index contributed by atoms with van der Waals surface area (Å²) in [6.07, 6.45) is 8.12. The second-order valence-electron chi connectivity index (χ2n) is 5.07. The number of hydrogen-bond donors (Lipinski definition) is 1. The van der Waals surface area contributed by atoms with Gasteiger partial charge in [0.1, 0.15) is 12.1 Å². The highest BCUT2D eigenvalue weighted by atomic mass is 16.3. The van der Waals surface area contributed by atoms with Gasteiger partial charge < -0.3 is 10.0 Å². The summed E-state index contributed by atoms with van der Waals surface area (Å²) in [6.45, 7) is 1.74. The lowest BCUT2D eigenvalue weighted by molar-refractivity contribution is 0.153. The Morgan fingerprint density at radius 2 is 2.06 bits per heavy atom. The quantitative estimate of drug-likeness (QED) is 0.794. The van der Waals surface area contributed by atoms with Crippen LogP contribution in [-0.4, -0.2) is 34.3 Å². The van der Waals surface area contributed by atoms with Crippen molar-refractivity contribution in [3.63, 3.8) is 0 Å². The van der Waals surface area contributed by atoms with Crippen LogP contribution in [-0.2, 0) is 12.8 Å². The molecule has 0 saturated carbocycles. The molecule has 0 aromatic carbocycles. The molecule has 3 rings (SSSR count). The highest BCUT2D eigenvalue weighted by molar-refractivity contribution is 5.50. The number of aliphatic hydroxyl groups is 1. The van der Waals surface area contributed by atoms with Gasteiger partial charge in [0.25, 0.3) is 0 Å². The van der Waals surface area contributed by atoms with Crippen molar-refractivity contribution in [2.75, 3.05) is 18.0 Å². The van der Waals surface area contributed by atoms with Gasteiger partial charge in [-0.25, -0.2) is 9.97 Å². The Morgan fingerprint density at radius 3 is 2.94 bits per heavy atom. The second-order valence-corrected chi connectivity index (χ2v) is 5.07. The molecule has 2 heterocycles. The third kappa shape index (κ3) is 2.14. The summed E-state index contributed by atoms with van der Waals surface area (Å²) in [4.78, 5) is 11.1. The van der Waals surface area contributed by atoms with Crippen molar-refractivity contribution in [1.82, 2.24) is 9.97 Å².